The van der Waals surface area contributed by atoms with Gasteiger partial charge < -0.3 is 20.2 Å². The molecule has 38 heavy (non-hydrogen) atoms. The number of likely N-dealkylation sites (tertiary alicyclic amines) is 1. The van der Waals surface area contributed by atoms with Crippen molar-refractivity contribution >= 4 is 18.4 Å². The molecule has 0 radical (unpaired) electrons. The normalized spacial score (nSPS) is 15.6. The molecule has 0 spiro atoms. The van der Waals surface area contributed by atoms with Gasteiger partial charge in [-0.05, 0) is 98.5 Å². The molecule has 0 aromatic heterocycles. The number of aliphatic hydroxyl groups is 2. The van der Waals surface area contributed by atoms with E-state index < -0.39 is 17.7 Å². The van der Waals surface area contributed by atoms with E-state index in [2.05, 4.69) is 4.90 Å². The van der Waals surface area contributed by atoms with E-state index in [0.717, 1.165) is 72.3 Å². The van der Waals surface area contributed by atoms with E-state index in [4.69, 9.17) is 5.11 Å². The van der Waals surface area contributed by atoms with Crippen molar-refractivity contribution in [2.24, 2.45) is 5.92 Å². The van der Waals surface area contributed by atoms with E-state index >= 15 is 0 Å². The first kappa shape index (κ1) is 29.9. The molecule has 3 aromatic rings. The van der Waals surface area contributed by atoms with Crippen LogP contribution >= 0.6 is 12.4 Å². The van der Waals surface area contributed by atoms with Gasteiger partial charge in [0.05, 0.1) is 12.5 Å². The zero-order chi connectivity index (χ0) is 26.4. The lowest BCUT2D eigenvalue weighted by molar-refractivity contribution is -0.136. The molecule has 0 amide bonds. The number of carbonyl (C=O) groups is 1. The van der Waals surface area contributed by atoms with Crippen molar-refractivity contribution in [2.75, 3.05) is 19.6 Å². The molecule has 5 nitrogen and oxygen atoms in total. The number of halogens is 1. The maximum absolute atomic E-state index is 12.1. The Bertz CT molecular complexity index is 1140. The Kier molecular flexibility index (Phi) is 10.5. The summed E-state index contributed by atoms with van der Waals surface area (Å²) < 4.78 is 0. The number of rotatable bonds is 10. The lowest BCUT2D eigenvalue weighted by Crippen LogP contribution is -2.44. The van der Waals surface area contributed by atoms with Crippen molar-refractivity contribution in [3.63, 3.8) is 0 Å². The number of carboxylic acid groups (broad SMARTS) is 1. The fourth-order valence-corrected chi connectivity index (χ4v) is 5.87. The van der Waals surface area contributed by atoms with Gasteiger partial charge in [-0.2, -0.15) is 0 Å². The smallest absolute Gasteiger partial charge is 0.307 e. The van der Waals surface area contributed by atoms with Crippen LogP contribution in [0.3, 0.4) is 0 Å². The Morgan fingerprint density at radius 1 is 0.921 bits per heavy atom. The molecule has 3 N–H and O–H groups in total. The maximum atomic E-state index is 12.1. The average molecular weight is 538 g/mol. The number of hydrogen-bond donors (Lipinski definition) is 3. The molecule has 4 rings (SSSR count). The number of carboxylic acids is 1. The molecule has 1 unspecified atom stereocenters. The van der Waals surface area contributed by atoms with E-state index in [9.17, 15) is 15.0 Å². The zero-order valence-corrected chi connectivity index (χ0v) is 23.2. The van der Waals surface area contributed by atoms with Crippen LogP contribution < -0.4 is 0 Å². The Morgan fingerprint density at radius 3 is 2.00 bits per heavy atom. The van der Waals surface area contributed by atoms with Gasteiger partial charge in [0.1, 0.15) is 5.60 Å². The van der Waals surface area contributed by atoms with Gasteiger partial charge in [0, 0.05) is 0 Å². The van der Waals surface area contributed by atoms with Crippen LogP contribution in [0.15, 0.2) is 72.8 Å². The van der Waals surface area contributed by atoms with E-state index in [1.54, 1.807) is 0 Å². The molecule has 0 bridgehead atoms. The fraction of sp³-hybridized carbons (Fsp3) is 0.406. The van der Waals surface area contributed by atoms with Gasteiger partial charge in [-0.3, -0.25) is 4.79 Å². The molecule has 1 fully saturated rings. The van der Waals surface area contributed by atoms with Crippen LogP contribution in [0.4, 0.5) is 0 Å². The summed E-state index contributed by atoms with van der Waals surface area (Å²) >= 11 is 0. The van der Waals surface area contributed by atoms with E-state index in [1.165, 1.54) is 0 Å². The van der Waals surface area contributed by atoms with E-state index in [1.807, 2.05) is 86.6 Å². The number of aliphatic carboxylic acids is 1. The number of hydrogen-bond acceptors (Lipinski definition) is 4. The fourth-order valence-electron chi connectivity index (χ4n) is 5.87. The highest BCUT2D eigenvalue weighted by Crippen LogP contribution is 2.42. The van der Waals surface area contributed by atoms with Gasteiger partial charge in [0.15, 0.2) is 0 Å². The predicted molar refractivity (Wildman–Crippen MR) is 154 cm³/mol. The quantitative estimate of drug-likeness (QED) is 0.304. The SMILES string of the molecule is Cc1c(CC(=O)O)ccc(C(O)CCCN2CCC(C(O)(c3ccccc3)c3ccccc3)CC2)c1C.Cl. The van der Waals surface area contributed by atoms with Gasteiger partial charge in [-0.1, -0.05) is 72.8 Å². The second kappa shape index (κ2) is 13.4. The summed E-state index contributed by atoms with van der Waals surface area (Å²) in [4.78, 5) is 13.5. The molecule has 204 valence electrons. The topological polar surface area (TPSA) is 81.0 Å². The Labute approximate surface area is 232 Å². The lowest BCUT2D eigenvalue weighted by atomic mass is 9.72. The minimum atomic E-state index is -1.01. The standard InChI is InChI=1S/C32H39NO4.ClH/c1-23-24(2)29(16-15-25(23)22-31(35)36)30(34)14-9-19-33-20-17-28(18-21-33)32(37,26-10-5-3-6-11-26)27-12-7-4-8-13-27;/h3-8,10-13,15-16,28,30,34,37H,9,14,17-22H2,1-2H3,(H,35,36);1H. The highest BCUT2D eigenvalue weighted by molar-refractivity contribution is 5.85. The second-order valence-corrected chi connectivity index (χ2v) is 10.4. The van der Waals surface area contributed by atoms with Gasteiger partial charge in [-0.15, -0.1) is 12.4 Å². The highest BCUT2D eigenvalue weighted by Gasteiger charge is 2.41. The minimum Gasteiger partial charge on any atom is -0.481 e. The van der Waals surface area contributed by atoms with E-state index in [-0.39, 0.29) is 24.7 Å². The maximum Gasteiger partial charge on any atom is 0.307 e. The lowest BCUT2D eigenvalue weighted by Gasteiger charge is -2.42. The average Bonchev–Trinajstić information content (AvgIpc) is 2.92. The summed E-state index contributed by atoms with van der Waals surface area (Å²) in [5.74, 6) is -0.709. The summed E-state index contributed by atoms with van der Waals surface area (Å²) in [6.07, 6.45) is 2.80. The molecule has 3 aromatic carbocycles. The van der Waals surface area contributed by atoms with Gasteiger partial charge in [0.2, 0.25) is 0 Å². The summed E-state index contributed by atoms with van der Waals surface area (Å²) in [6, 6.07) is 23.8. The zero-order valence-electron chi connectivity index (χ0n) is 22.3. The van der Waals surface area contributed by atoms with Crippen molar-refractivity contribution in [3.05, 3.63) is 106 Å². The van der Waals surface area contributed by atoms with Crippen molar-refractivity contribution in [3.8, 4) is 0 Å². The van der Waals surface area contributed by atoms with Crippen LogP contribution in [0.5, 0.6) is 0 Å². The van der Waals surface area contributed by atoms with Gasteiger partial charge in [0.25, 0.3) is 0 Å². The third-order valence-corrected chi connectivity index (χ3v) is 8.20. The second-order valence-electron chi connectivity index (χ2n) is 10.4. The first-order chi connectivity index (χ1) is 17.8. The first-order valence-corrected chi connectivity index (χ1v) is 13.3. The molecular formula is C32H40ClNO4. The molecule has 1 atom stereocenters. The molecule has 1 saturated heterocycles. The monoisotopic (exact) mass is 537 g/mol. The summed E-state index contributed by atoms with van der Waals surface area (Å²) in [5.41, 5.74) is 4.51. The molecule has 0 aliphatic carbocycles. The largest absolute Gasteiger partial charge is 0.481 e. The Balaban J connectivity index is 0.00000400. The number of benzene rings is 3. The number of piperidine rings is 1. The van der Waals surface area contributed by atoms with Gasteiger partial charge in [-0.25, -0.2) is 0 Å². The van der Waals surface area contributed by atoms with Gasteiger partial charge >= 0.3 is 5.97 Å². The van der Waals surface area contributed by atoms with Crippen molar-refractivity contribution in [1.29, 1.82) is 0 Å². The van der Waals surface area contributed by atoms with E-state index in [0.29, 0.717) is 6.42 Å². The van der Waals surface area contributed by atoms with Crippen LogP contribution in [0.2, 0.25) is 0 Å². The molecule has 1 aliphatic heterocycles. The van der Waals surface area contributed by atoms with Crippen LogP contribution in [-0.2, 0) is 16.8 Å². The number of nitrogens with zero attached hydrogens (tertiary/aromatic N) is 1. The molecule has 0 saturated carbocycles. The molecule has 1 aliphatic rings. The van der Waals surface area contributed by atoms with Crippen molar-refractivity contribution in [2.45, 2.75) is 57.7 Å². The third-order valence-electron chi connectivity index (χ3n) is 8.20. The Morgan fingerprint density at radius 2 is 1.47 bits per heavy atom. The molecule has 1 heterocycles. The summed E-state index contributed by atoms with van der Waals surface area (Å²) in [5, 5.41) is 32.0. The van der Waals surface area contributed by atoms with Crippen LogP contribution in [0.1, 0.15) is 65.2 Å². The minimum absolute atomic E-state index is 0. The summed E-state index contributed by atoms with van der Waals surface area (Å²) in [6.45, 7) is 6.65. The van der Waals surface area contributed by atoms with Crippen LogP contribution in [0.25, 0.3) is 0 Å². The molecule has 6 heteroatoms. The van der Waals surface area contributed by atoms with Crippen LogP contribution in [0, 0.1) is 19.8 Å². The predicted octanol–water partition coefficient (Wildman–Crippen LogP) is 5.81. The Hall–Kier alpha value is -2.70. The first-order valence-electron chi connectivity index (χ1n) is 13.3. The van der Waals surface area contributed by atoms with Crippen LogP contribution in [-0.4, -0.2) is 45.8 Å². The molecular weight excluding hydrogens is 498 g/mol. The highest BCUT2D eigenvalue weighted by atomic mass is 35.5. The summed E-state index contributed by atoms with van der Waals surface area (Å²) in [7, 11) is 0. The number of aliphatic hydroxyl groups excluding tert-OH is 1. The van der Waals surface area contributed by atoms with Crippen molar-refractivity contribution in [1.82, 2.24) is 4.90 Å². The third kappa shape index (κ3) is 6.65. The van der Waals surface area contributed by atoms with Crippen molar-refractivity contribution < 1.29 is 20.1 Å².